The highest BCUT2D eigenvalue weighted by atomic mass is 16.2. The molecule has 0 rings (SSSR count). The lowest BCUT2D eigenvalue weighted by Crippen LogP contribution is -2.38. The molecule has 0 aliphatic rings. The van der Waals surface area contributed by atoms with Crippen molar-refractivity contribution < 1.29 is 4.79 Å². The minimum Gasteiger partial charge on any atom is -0.338 e. The summed E-state index contributed by atoms with van der Waals surface area (Å²) in [5.74, 6) is 0. The number of nitrogens with one attached hydrogen (secondary N) is 1. The third kappa shape index (κ3) is 8.24. The van der Waals surface area contributed by atoms with Gasteiger partial charge in [-0.15, -0.1) is 0 Å². The van der Waals surface area contributed by atoms with Crippen molar-refractivity contribution in [3.05, 3.63) is 0 Å². The Balaban J connectivity index is 3.47. The second-order valence-corrected chi connectivity index (χ2v) is 4.16. The van der Waals surface area contributed by atoms with Gasteiger partial charge in [0.2, 0.25) is 0 Å². The van der Waals surface area contributed by atoms with E-state index in [2.05, 4.69) is 17.1 Å². The van der Waals surface area contributed by atoms with Crippen LogP contribution in [0.15, 0.2) is 0 Å². The van der Waals surface area contributed by atoms with Crippen molar-refractivity contribution in [2.45, 2.75) is 26.2 Å². The summed E-state index contributed by atoms with van der Waals surface area (Å²) in [6.45, 7) is 4.74. The first-order valence-corrected chi connectivity index (χ1v) is 5.71. The second-order valence-electron chi connectivity index (χ2n) is 4.16. The molecule has 0 heterocycles. The maximum Gasteiger partial charge on any atom is 0.317 e. The highest BCUT2D eigenvalue weighted by Crippen LogP contribution is 1.92. The van der Waals surface area contributed by atoms with Crippen molar-refractivity contribution in [1.82, 2.24) is 15.1 Å². The minimum atomic E-state index is 0.0437. The molecular formula is C11H25N3O. The number of hydrogen-bond donors (Lipinski definition) is 1. The number of carbonyl (C=O) groups is 1. The summed E-state index contributed by atoms with van der Waals surface area (Å²) in [5.41, 5.74) is 0. The van der Waals surface area contributed by atoms with E-state index in [0.29, 0.717) is 0 Å². The summed E-state index contributed by atoms with van der Waals surface area (Å²) in [4.78, 5) is 15.4. The molecule has 0 aromatic carbocycles. The van der Waals surface area contributed by atoms with Crippen LogP contribution in [-0.4, -0.2) is 56.6 Å². The molecule has 0 aromatic heterocycles. The lowest BCUT2D eigenvalue weighted by atomic mass is 10.3. The molecule has 0 saturated heterocycles. The van der Waals surface area contributed by atoms with Crippen molar-refractivity contribution in [2.24, 2.45) is 0 Å². The van der Waals surface area contributed by atoms with E-state index in [1.165, 1.54) is 0 Å². The molecule has 0 aromatic rings. The molecule has 15 heavy (non-hydrogen) atoms. The molecule has 90 valence electrons. The predicted molar refractivity (Wildman–Crippen MR) is 64.1 cm³/mol. The zero-order chi connectivity index (χ0) is 11.7. The van der Waals surface area contributed by atoms with Gasteiger partial charge in [0.05, 0.1) is 0 Å². The van der Waals surface area contributed by atoms with Gasteiger partial charge in [-0.2, -0.15) is 0 Å². The van der Waals surface area contributed by atoms with Crippen LogP contribution in [0, 0.1) is 0 Å². The molecule has 0 aliphatic heterocycles. The average molecular weight is 215 g/mol. The molecule has 0 atom stereocenters. The van der Waals surface area contributed by atoms with Crippen LogP contribution in [0.3, 0.4) is 0 Å². The SMILES string of the molecule is CCCCN(C)C(=O)NCCCN(C)C. The standard InChI is InChI=1S/C11H25N3O/c1-5-6-10-14(4)11(15)12-8-7-9-13(2)3/h5-10H2,1-4H3,(H,12,15). The van der Waals surface area contributed by atoms with Crippen LogP contribution in [0.4, 0.5) is 4.79 Å². The Kier molecular flexibility index (Phi) is 8.09. The van der Waals surface area contributed by atoms with Crippen LogP contribution < -0.4 is 5.32 Å². The van der Waals surface area contributed by atoms with Gasteiger partial charge >= 0.3 is 6.03 Å². The molecule has 4 heteroatoms. The van der Waals surface area contributed by atoms with Crippen molar-refractivity contribution >= 4 is 6.03 Å². The van der Waals surface area contributed by atoms with E-state index in [9.17, 15) is 4.79 Å². The van der Waals surface area contributed by atoms with Gasteiger partial charge in [-0.3, -0.25) is 0 Å². The quantitative estimate of drug-likeness (QED) is 0.651. The zero-order valence-corrected chi connectivity index (χ0v) is 10.5. The summed E-state index contributed by atoms with van der Waals surface area (Å²) in [7, 11) is 5.92. The van der Waals surface area contributed by atoms with E-state index in [1.807, 2.05) is 21.1 Å². The molecule has 0 radical (unpaired) electrons. The molecule has 2 amide bonds. The highest BCUT2D eigenvalue weighted by molar-refractivity contribution is 5.73. The Morgan fingerprint density at radius 1 is 1.13 bits per heavy atom. The average Bonchev–Trinajstić information content (AvgIpc) is 2.20. The highest BCUT2D eigenvalue weighted by Gasteiger charge is 2.05. The summed E-state index contributed by atoms with van der Waals surface area (Å²) < 4.78 is 0. The number of nitrogens with zero attached hydrogens (tertiary/aromatic N) is 2. The molecule has 0 spiro atoms. The normalized spacial score (nSPS) is 10.5. The first-order chi connectivity index (χ1) is 7.07. The van der Waals surface area contributed by atoms with Crippen LogP contribution in [0.5, 0.6) is 0 Å². The fraction of sp³-hybridized carbons (Fsp3) is 0.909. The Hall–Kier alpha value is -0.770. The lowest BCUT2D eigenvalue weighted by molar-refractivity contribution is 0.207. The van der Waals surface area contributed by atoms with Gasteiger partial charge in [0.25, 0.3) is 0 Å². The number of hydrogen-bond acceptors (Lipinski definition) is 2. The summed E-state index contributed by atoms with van der Waals surface area (Å²) in [5, 5.41) is 2.91. The van der Waals surface area contributed by atoms with E-state index < -0.39 is 0 Å². The summed E-state index contributed by atoms with van der Waals surface area (Å²) in [6, 6.07) is 0.0437. The molecule has 1 N–H and O–H groups in total. The number of amides is 2. The molecule has 0 aliphatic carbocycles. The molecule has 0 fully saturated rings. The fourth-order valence-electron chi connectivity index (χ4n) is 1.22. The van der Waals surface area contributed by atoms with Crippen LogP contribution >= 0.6 is 0 Å². The Labute approximate surface area is 93.6 Å². The van der Waals surface area contributed by atoms with Crippen molar-refractivity contribution in [1.29, 1.82) is 0 Å². The largest absolute Gasteiger partial charge is 0.338 e. The van der Waals surface area contributed by atoms with E-state index in [4.69, 9.17) is 0 Å². The topological polar surface area (TPSA) is 35.6 Å². The van der Waals surface area contributed by atoms with Gasteiger partial charge in [0.1, 0.15) is 0 Å². The summed E-state index contributed by atoms with van der Waals surface area (Å²) >= 11 is 0. The number of unbranched alkanes of at least 4 members (excludes halogenated alkanes) is 1. The maximum absolute atomic E-state index is 11.5. The molecular weight excluding hydrogens is 190 g/mol. The Bertz CT molecular complexity index is 171. The van der Waals surface area contributed by atoms with Gasteiger partial charge in [-0.1, -0.05) is 13.3 Å². The number of carbonyl (C=O) groups excluding carboxylic acids is 1. The molecule has 4 nitrogen and oxygen atoms in total. The van der Waals surface area contributed by atoms with Crippen LogP contribution in [0.25, 0.3) is 0 Å². The van der Waals surface area contributed by atoms with Crippen molar-refractivity contribution in [3.63, 3.8) is 0 Å². The first kappa shape index (κ1) is 14.2. The van der Waals surface area contributed by atoms with Gasteiger partial charge in [0.15, 0.2) is 0 Å². The molecule has 0 unspecified atom stereocenters. The number of urea groups is 1. The summed E-state index contributed by atoms with van der Waals surface area (Å²) in [6.07, 6.45) is 3.19. The van der Waals surface area contributed by atoms with Gasteiger partial charge < -0.3 is 15.1 Å². The third-order valence-electron chi connectivity index (χ3n) is 2.25. The van der Waals surface area contributed by atoms with Gasteiger partial charge in [-0.25, -0.2) is 4.79 Å². The Morgan fingerprint density at radius 2 is 1.80 bits per heavy atom. The Morgan fingerprint density at radius 3 is 2.33 bits per heavy atom. The van der Waals surface area contributed by atoms with E-state index in [0.717, 1.165) is 38.9 Å². The van der Waals surface area contributed by atoms with Crippen LogP contribution in [0.1, 0.15) is 26.2 Å². The first-order valence-electron chi connectivity index (χ1n) is 5.71. The van der Waals surface area contributed by atoms with E-state index >= 15 is 0 Å². The minimum absolute atomic E-state index is 0.0437. The smallest absolute Gasteiger partial charge is 0.317 e. The lowest BCUT2D eigenvalue weighted by Gasteiger charge is -2.18. The molecule has 0 saturated carbocycles. The maximum atomic E-state index is 11.5. The van der Waals surface area contributed by atoms with Crippen molar-refractivity contribution in [2.75, 3.05) is 40.8 Å². The van der Waals surface area contributed by atoms with Gasteiger partial charge in [-0.05, 0) is 33.5 Å². The van der Waals surface area contributed by atoms with Crippen molar-refractivity contribution in [3.8, 4) is 0 Å². The van der Waals surface area contributed by atoms with Crippen LogP contribution in [-0.2, 0) is 0 Å². The fourth-order valence-corrected chi connectivity index (χ4v) is 1.22. The van der Waals surface area contributed by atoms with E-state index in [1.54, 1.807) is 4.90 Å². The monoisotopic (exact) mass is 215 g/mol. The molecule has 0 bridgehead atoms. The van der Waals surface area contributed by atoms with E-state index in [-0.39, 0.29) is 6.03 Å². The zero-order valence-electron chi connectivity index (χ0n) is 10.5. The third-order valence-corrected chi connectivity index (χ3v) is 2.25. The predicted octanol–water partition coefficient (Wildman–Crippen LogP) is 1.38. The van der Waals surface area contributed by atoms with Gasteiger partial charge in [0, 0.05) is 20.1 Å². The number of rotatable bonds is 7. The van der Waals surface area contributed by atoms with Crippen LogP contribution in [0.2, 0.25) is 0 Å². The second kappa shape index (κ2) is 8.53.